The second-order valence-corrected chi connectivity index (χ2v) is 12.5. The molecule has 0 radical (unpaired) electrons. The molecule has 0 N–H and O–H groups in total. The number of halogens is 1. The minimum absolute atomic E-state index is 0.167. The van der Waals surface area contributed by atoms with Crippen LogP contribution < -0.4 is 24.4 Å². The summed E-state index contributed by atoms with van der Waals surface area (Å²) in [5, 5.41) is 1.71. The second kappa shape index (κ2) is 13.0. The van der Waals surface area contributed by atoms with E-state index in [1.54, 1.807) is 35.8 Å². The molecule has 2 aromatic heterocycles. The van der Waals surface area contributed by atoms with Crippen molar-refractivity contribution in [3.05, 3.63) is 126 Å². The number of rotatable bonds is 9. The molecule has 46 heavy (non-hydrogen) atoms. The molecular weight excluding hydrogens is 620 g/mol. The molecule has 0 bridgehead atoms. The number of amides is 1. The molecule has 0 spiro atoms. The molecule has 0 saturated heterocycles. The number of carbonyl (C=O) groups is 1. The number of hydrogen-bond donors (Lipinski definition) is 0. The van der Waals surface area contributed by atoms with Crippen molar-refractivity contribution in [3.8, 4) is 11.5 Å². The van der Waals surface area contributed by atoms with E-state index >= 15 is 0 Å². The molecule has 0 aliphatic carbocycles. The van der Waals surface area contributed by atoms with Gasteiger partial charge in [0.1, 0.15) is 17.5 Å². The standard InChI is InChI=1S/C36H35ClN4O4S/c1-6-39(7-2)35(43)32-22(3)38-36-41(33(32)28-19-26(44-4)15-16-30(28)45-5)34(42)31(46-36)18-24-21-40(29-14-9-8-13-27(24)29)20-23-11-10-12-25(37)17-23/h8-19,21,33H,6-7,20H2,1-5H3/b31-18+/t33-/m1/s1. The van der Waals surface area contributed by atoms with Crippen LogP contribution in [0.2, 0.25) is 5.02 Å². The predicted molar refractivity (Wildman–Crippen MR) is 184 cm³/mol. The van der Waals surface area contributed by atoms with Gasteiger partial charge < -0.3 is 18.9 Å². The number of thiazole rings is 1. The van der Waals surface area contributed by atoms with Crippen molar-refractivity contribution < 1.29 is 14.3 Å². The molecule has 1 aliphatic heterocycles. The maximum atomic E-state index is 14.5. The Kier molecular flexibility index (Phi) is 8.88. The number of methoxy groups -OCH3 is 2. The van der Waals surface area contributed by atoms with Gasteiger partial charge in [0.2, 0.25) is 0 Å². The van der Waals surface area contributed by atoms with Gasteiger partial charge in [-0.3, -0.25) is 14.2 Å². The number of benzene rings is 3. The first-order valence-electron chi connectivity index (χ1n) is 15.1. The van der Waals surface area contributed by atoms with Gasteiger partial charge in [-0.25, -0.2) is 4.99 Å². The minimum atomic E-state index is -0.763. The smallest absolute Gasteiger partial charge is 0.271 e. The van der Waals surface area contributed by atoms with E-state index in [-0.39, 0.29) is 11.5 Å². The fourth-order valence-electron chi connectivity index (χ4n) is 6.12. The van der Waals surface area contributed by atoms with Crippen LogP contribution in [0.3, 0.4) is 0 Å². The number of ether oxygens (including phenoxy) is 2. The zero-order valence-electron chi connectivity index (χ0n) is 26.4. The molecule has 10 heteroatoms. The van der Waals surface area contributed by atoms with E-state index in [4.69, 9.17) is 26.1 Å². The average Bonchev–Trinajstić information content (AvgIpc) is 3.56. The average molecular weight is 655 g/mol. The predicted octanol–water partition coefficient (Wildman–Crippen LogP) is 5.78. The summed E-state index contributed by atoms with van der Waals surface area (Å²) in [6.07, 6.45) is 3.98. The Bertz CT molecular complexity index is 2170. The molecule has 3 heterocycles. The van der Waals surface area contributed by atoms with Gasteiger partial charge >= 0.3 is 0 Å². The third-order valence-corrected chi connectivity index (χ3v) is 9.60. The van der Waals surface area contributed by atoms with E-state index in [1.807, 2.05) is 69.3 Å². The van der Waals surface area contributed by atoms with Crippen LogP contribution in [-0.4, -0.2) is 47.3 Å². The highest BCUT2D eigenvalue weighted by Crippen LogP contribution is 2.38. The lowest BCUT2D eigenvalue weighted by atomic mass is 9.93. The van der Waals surface area contributed by atoms with Crippen molar-refractivity contribution >= 4 is 45.8 Å². The summed E-state index contributed by atoms with van der Waals surface area (Å²) in [6.45, 7) is 7.39. The Balaban J connectivity index is 1.56. The SMILES string of the molecule is CCN(CC)C(=O)C1=C(C)N=c2s/c(=C/c3cn(Cc4cccc(Cl)c4)c4ccccc34)c(=O)n2[C@@H]1c1cc(OC)ccc1OC. The first kappa shape index (κ1) is 31.4. The molecule has 0 unspecified atom stereocenters. The first-order valence-corrected chi connectivity index (χ1v) is 16.3. The Morgan fingerprint density at radius 2 is 1.83 bits per heavy atom. The fraction of sp³-hybridized carbons (Fsp3) is 0.250. The van der Waals surface area contributed by atoms with Crippen LogP contribution in [0.25, 0.3) is 17.0 Å². The minimum Gasteiger partial charge on any atom is -0.497 e. The van der Waals surface area contributed by atoms with Crippen LogP contribution in [0.4, 0.5) is 0 Å². The van der Waals surface area contributed by atoms with Gasteiger partial charge in [0.15, 0.2) is 4.80 Å². The molecule has 1 aliphatic rings. The molecule has 236 valence electrons. The summed E-state index contributed by atoms with van der Waals surface area (Å²) in [5.74, 6) is 0.971. The molecule has 3 aromatic carbocycles. The zero-order valence-corrected chi connectivity index (χ0v) is 28.0. The van der Waals surface area contributed by atoms with Gasteiger partial charge in [0.05, 0.1) is 30.0 Å². The lowest BCUT2D eigenvalue weighted by Gasteiger charge is -2.30. The zero-order chi connectivity index (χ0) is 32.5. The molecular formula is C36H35ClN4O4S. The summed E-state index contributed by atoms with van der Waals surface area (Å²) < 4.78 is 15.6. The third-order valence-electron chi connectivity index (χ3n) is 8.38. The maximum Gasteiger partial charge on any atom is 0.271 e. The first-order chi connectivity index (χ1) is 22.3. The number of hydrogen-bond acceptors (Lipinski definition) is 6. The summed E-state index contributed by atoms with van der Waals surface area (Å²) in [4.78, 5) is 35.6. The lowest BCUT2D eigenvalue weighted by Crippen LogP contribution is -2.43. The number of fused-ring (bicyclic) bond motifs is 2. The summed E-state index contributed by atoms with van der Waals surface area (Å²) in [6, 6.07) is 20.6. The van der Waals surface area contributed by atoms with E-state index in [0.29, 0.717) is 62.3 Å². The third kappa shape index (κ3) is 5.65. The van der Waals surface area contributed by atoms with E-state index in [9.17, 15) is 9.59 Å². The van der Waals surface area contributed by atoms with Gasteiger partial charge in [-0.2, -0.15) is 0 Å². The molecule has 0 fully saturated rings. The van der Waals surface area contributed by atoms with Crippen molar-refractivity contribution in [3.63, 3.8) is 0 Å². The Hall–Kier alpha value is -4.60. The van der Waals surface area contributed by atoms with Crippen molar-refractivity contribution in [2.24, 2.45) is 4.99 Å². The van der Waals surface area contributed by atoms with Gasteiger partial charge in [0, 0.05) is 52.9 Å². The van der Waals surface area contributed by atoms with Crippen molar-refractivity contribution in [1.29, 1.82) is 0 Å². The molecule has 0 saturated carbocycles. The number of allylic oxidation sites excluding steroid dienone is 1. The van der Waals surface area contributed by atoms with Crippen LogP contribution >= 0.6 is 22.9 Å². The topological polar surface area (TPSA) is 78.1 Å². The number of nitrogens with zero attached hydrogens (tertiary/aromatic N) is 4. The van der Waals surface area contributed by atoms with Crippen LogP contribution in [0.5, 0.6) is 11.5 Å². The van der Waals surface area contributed by atoms with Gasteiger partial charge in [-0.05, 0) is 68.8 Å². The van der Waals surface area contributed by atoms with Gasteiger partial charge in [-0.1, -0.05) is 53.3 Å². The van der Waals surface area contributed by atoms with Crippen molar-refractivity contribution in [2.75, 3.05) is 27.3 Å². The van der Waals surface area contributed by atoms with E-state index in [0.717, 1.165) is 22.0 Å². The quantitative estimate of drug-likeness (QED) is 0.202. The summed E-state index contributed by atoms with van der Waals surface area (Å²) in [7, 11) is 3.17. The van der Waals surface area contributed by atoms with Crippen molar-refractivity contribution in [2.45, 2.75) is 33.4 Å². The molecule has 1 amide bonds. The molecule has 1 atom stereocenters. The highest BCUT2D eigenvalue weighted by atomic mass is 35.5. The Morgan fingerprint density at radius 1 is 1.04 bits per heavy atom. The van der Waals surface area contributed by atoms with E-state index in [1.165, 1.54) is 11.3 Å². The van der Waals surface area contributed by atoms with Crippen LogP contribution in [0.15, 0.2) is 94.0 Å². The van der Waals surface area contributed by atoms with Gasteiger partial charge in [0.25, 0.3) is 11.5 Å². The Labute approximate surface area is 276 Å². The maximum absolute atomic E-state index is 14.5. The highest BCUT2D eigenvalue weighted by Gasteiger charge is 2.36. The fourth-order valence-corrected chi connectivity index (χ4v) is 7.37. The number of carbonyl (C=O) groups excluding carboxylic acids is 1. The number of para-hydroxylation sites is 1. The van der Waals surface area contributed by atoms with Crippen LogP contribution in [-0.2, 0) is 11.3 Å². The van der Waals surface area contributed by atoms with E-state index in [2.05, 4.69) is 22.9 Å². The number of likely N-dealkylation sites (N-methyl/N-ethyl adjacent to an activating group) is 1. The number of aromatic nitrogens is 2. The summed E-state index contributed by atoms with van der Waals surface area (Å²) >= 11 is 7.58. The molecule has 5 aromatic rings. The Morgan fingerprint density at radius 3 is 2.54 bits per heavy atom. The second-order valence-electron chi connectivity index (χ2n) is 11.0. The largest absolute Gasteiger partial charge is 0.497 e. The van der Waals surface area contributed by atoms with E-state index < -0.39 is 6.04 Å². The highest BCUT2D eigenvalue weighted by molar-refractivity contribution is 7.07. The molecule has 6 rings (SSSR count). The van der Waals surface area contributed by atoms with Crippen molar-refractivity contribution in [1.82, 2.24) is 14.0 Å². The van der Waals surface area contributed by atoms with Gasteiger partial charge in [-0.15, -0.1) is 0 Å². The summed E-state index contributed by atoms with van der Waals surface area (Å²) in [5.41, 5.74) is 4.45. The monoisotopic (exact) mass is 654 g/mol. The molecule has 8 nitrogen and oxygen atoms in total. The normalized spacial score (nSPS) is 14.7. The van der Waals surface area contributed by atoms with Crippen LogP contribution in [0.1, 0.15) is 43.5 Å². The lowest BCUT2D eigenvalue weighted by molar-refractivity contribution is -0.127. The van der Waals surface area contributed by atoms with Crippen LogP contribution in [0, 0.1) is 0 Å².